The summed E-state index contributed by atoms with van der Waals surface area (Å²) >= 11 is 7.67. The van der Waals surface area contributed by atoms with Crippen molar-refractivity contribution in [3.8, 4) is 0 Å². The standard InChI is InChI=1S/C15H18ClN3OS/c1-2-13-17-14(21-18-13)19-9-7-15(20,8-10-19)11-5-3-4-6-12(11)16/h3-6,20H,2,7-10H2,1H3. The second-order valence-corrected chi connectivity index (χ2v) is 6.48. The number of benzene rings is 1. The molecule has 1 fully saturated rings. The van der Waals surface area contributed by atoms with Crippen molar-refractivity contribution in [1.82, 2.24) is 9.36 Å². The molecule has 0 bridgehead atoms. The Kier molecular flexibility index (Phi) is 4.15. The summed E-state index contributed by atoms with van der Waals surface area (Å²) in [6, 6.07) is 7.55. The van der Waals surface area contributed by atoms with E-state index in [0.29, 0.717) is 17.9 Å². The largest absolute Gasteiger partial charge is 0.385 e. The number of halogens is 1. The van der Waals surface area contributed by atoms with Gasteiger partial charge in [0.15, 0.2) is 0 Å². The van der Waals surface area contributed by atoms with Crippen LogP contribution in [-0.4, -0.2) is 27.6 Å². The Morgan fingerprint density at radius 1 is 1.33 bits per heavy atom. The van der Waals surface area contributed by atoms with Crippen molar-refractivity contribution in [2.45, 2.75) is 31.8 Å². The Morgan fingerprint density at radius 2 is 2.05 bits per heavy atom. The Balaban J connectivity index is 1.74. The monoisotopic (exact) mass is 323 g/mol. The SMILES string of the molecule is CCc1nsc(N2CCC(O)(c3ccccc3Cl)CC2)n1. The molecule has 0 spiro atoms. The van der Waals surface area contributed by atoms with E-state index in [-0.39, 0.29) is 0 Å². The van der Waals surface area contributed by atoms with Gasteiger partial charge in [0.05, 0.1) is 5.60 Å². The summed E-state index contributed by atoms with van der Waals surface area (Å²) in [5, 5.41) is 12.5. The number of piperidine rings is 1. The van der Waals surface area contributed by atoms with Crippen molar-refractivity contribution >= 4 is 28.3 Å². The molecule has 6 heteroatoms. The molecular formula is C15H18ClN3OS. The molecule has 0 atom stereocenters. The predicted octanol–water partition coefficient (Wildman–Crippen LogP) is 3.24. The van der Waals surface area contributed by atoms with Gasteiger partial charge in [-0.3, -0.25) is 0 Å². The summed E-state index contributed by atoms with van der Waals surface area (Å²) in [5.74, 6) is 0.891. The second kappa shape index (κ2) is 5.91. The molecule has 1 aliphatic heterocycles. The smallest absolute Gasteiger partial charge is 0.205 e. The Labute approximate surface area is 133 Å². The fourth-order valence-electron chi connectivity index (χ4n) is 2.69. The zero-order chi connectivity index (χ0) is 14.9. The third-order valence-corrected chi connectivity index (χ3v) is 5.15. The third kappa shape index (κ3) is 2.91. The number of rotatable bonds is 3. The van der Waals surface area contributed by atoms with Gasteiger partial charge in [-0.15, -0.1) is 0 Å². The number of nitrogens with zero attached hydrogens (tertiary/aromatic N) is 3. The molecule has 3 rings (SSSR count). The van der Waals surface area contributed by atoms with Gasteiger partial charge in [-0.2, -0.15) is 4.37 Å². The molecule has 1 aromatic carbocycles. The van der Waals surface area contributed by atoms with Crippen LogP contribution in [0.1, 0.15) is 31.2 Å². The van der Waals surface area contributed by atoms with Crippen LogP contribution in [0.2, 0.25) is 5.02 Å². The minimum Gasteiger partial charge on any atom is -0.385 e. The quantitative estimate of drug-likeness (QED) is 0.942. The normalized spacial score (nSPS) is 18.0. The van der Waals surface area contributed by atoms with Gasteiger partial charge in [-0.25, -0.2) is 4.98 Å². The van der Waals surface area contributed by atoms with Gasteiger partial charge >= 0.3 is 0 Å². The van der Waals surface area contributed by atoms with Crippen molar-refractivity contribution in [3.63, 3.8) is 0 Å². The van der Waals surface area contributed by atoms with Crippen LogP contribution in [0, 0.1) is 0 Å². The van der Waals surface area contributed by atoms with Gasteiger partial charge in [-0.1, -0.05) is 36.7 Å². The molecule has 0 saturated carbocycles. The number of aromatic nitrogens is 2. The molecule has 112 valence electrons. The summed E-state index contributed by atoms with van der Waals surface area (Å²) in [6.45, 7) is 3.58. The lowest BCUT2D eigenvalue weighted by Crippen LogP contribution is -2.42. The zero-order valence-electron chi connectivity index (χ0n) is 11.9. The summed E-state index contributed by atoms with van der Waals surface area (Å²) in [5.41, 5.74) is -0.00884. The molecule has 2 heterocycles. The average molecular weight is 324 g/mol. The highest BCUT2D eigenvalue weighted by molar-refractivity contribution is 7.09. The first-order valence-electron chi connectivity index (χ1n) is 7.17. The molecule has 21 heavy (non-hydrogen) atoms. The number of aliphatic hydroxyl groups is 1. The van der Waals surface area contributed by atoms with Crippen LogP contribution in [0.3, 0.4) is 0 Å². The Bertz CT molecular complexity index is 623. The Morgan fingerprint density at radius 3 is 2.67 bits per heavy atom. The first-order valence-corrected chi connectivity index (χ1v) is 8.32. The van der Waals surface area contributed by atoms with Crippen LogP contribution in [-0.2, 0) is 12.0 Å². The molecule has 1 saturated heterocycles. The van der Waals surface area contributed by atoms with Crippen LogP contribution < -0.4 is 4.90 Å². The molecule has 0 radical (unpaired) electrons. The first kappa shape index (κ1) is 14.8. The van der Waals surface area contributed by atoms with Gasteiger partial charge < -0.3 is 10.0 Å². The third-order valence-electron chi connectivity index (χ3n) is 4.01. The lowest BCUT2D eigenvalue weighted by Gasteiger charge is -2.38. The maximum absolute atomic E-state index is 10.9. The van der Waals surface area contributed by atoms with E-state index < -0.39 is 5.60 Å². The lowest BCUT2D eigenvalue weighted by molar-refractivity contribution is 0.0119. The molecule has 1 N–H and O–H groups in total. The van der Waals surface area contributed by atoms with Gasteiger partial charge in [0.2, 0.25) is 5.13 Å². The van der Waals surface area contributed by atoms with Crippen molar-refractivity contribution in [1.29, 1.82) is 0 Å². The van der Waals surface area contributed by atoms with Crippen molar-refractivity contribution in [2.24, 2.45) is 0 Å². The van der Waals surface area contributed by atoms with Crippen LogP contribution in [0.15, 0.2) is 24.3 Å². The number of anilines is 1. The van der Waals surface area contributed by atoms with Crippen LogP contribution in [0.25, 0.3) is 0 Å². The van der Waals surface area contributed by atoms with Gasteiger partial charge in [0.25, 0.3) is 0 Å². The Hall–Kier alpha value is -1.17. The number of aryl methyl sites for hydroxylation is 1. The molecule has 0 amide bonds. The summed E-state index contributed by atoms with van der Waals surface area (Å²) < 4.78 is 4.32. The minimum absolute atomic E-state index is 0.637. The highest BCUT2D eigenvalue weighted by atomic mass is 35.5. The number of hydrogen-bond acceptors (Lipinski definition) is 5. The summed E-state index contributed by atoms with van der Waals surface area (Å²) in [7, 11) is 0. The van der Waals surface area contributed by atoms with Gasteiger partial charge in [-0.05, 0) is 18.9 Å². The second-order valence-electron chi connectivity index (χ2n) is 5.35. The highest BCUT2D eigenvalue weighted by Gasteiger charge is 2.36. The van der Waals surface area contributed by atoms with E-state index in [1.54, 1.807) is 0 Å². The van der Waals surface area contributed by atoms with E-state index in [9.17, 15) is 5.11 Å². The fraction of sp³-hybridized carbons (Fsp3) is 0.467. The van der Waals surface area contributed by atoms with E-state index in [0.717, 1.165) is 36.0 Å². The summed E-state index contributed by atoms with van der Waals surface area (Å²) in [4.78, 5) is 6.71. The van der Waals surface area contributed by atoms with Crippen molar-refractivity contribution < 1.29 is 5.11 Å². The molecule has 4 nitrogen and oxygen atoms in total. The maximum Gasteiger partial charge on any atom is 0.205 e. The fourth-order valence-corrected chi connectivity index (χ4v) is 3.81. The molecule has 2 aromatic rings. The minimum atomic E-state index is -0.840. The van der Waals surface area contributed by atoms with Crippen LogP contribution in [0.4, 0.5) is 5.13 Å². The number of hydrogen-bond donors (Lipinski definition) is 1. The maximum atomic E-state index is 10.9. The predicted molar refractivity (Wildman–Crippen MR) is 86.1 cm³/mol. The van der Waals surface area contributed by atoms with Gasteiger partial charge in [0, 0.05) is 41.6 Å². The molecule has 0 unspecified atom stereocenters. The van der Waals surface area contributed by atoms with Gasteiger partial charge in [0.1, 0.15) is 5.82 Å². The molecule has 1 aliphatic rings. The van der Waals surface area contributed by atoms with Crippen molar-refractivity contribution in [2.75, 3.05) is 18.0 Å². The van der Waals surface area contributed by atoms with E-state index in [2.05, 4.69) is 21.2 Å². The van der Waals surface area contributed by atoms with Crippen LogP contribution in [0.5, 0.6) is 0 Å². The van der Waals surface area contributed by atoms with Crippen molar-refractivity contribution in [3.05, 3.63) is 40.7 Å². The van der Waals surface area contributed by atoms with E-state index in [1.165, 1.54) is 11.5 Å². The zero-order valence-corrected chi connectivity index (χ0v) is 13.5. The van der Waals surface area contributed by atoms with E-state index in [1.807, 2.05) is 24.3 Å². The molecule has 1 aromatic heterocycles. The van der Waals surface area contributed by atoms with E-state index in [4.69, 9.17) is 11.6 Å². The average Bonchev–Trinajstić information content (AvgIpc) is 2.97. The first-order chi connectivity index (χ1) is 10.1. The topological polar surface area (TPSA) is 49.2 Å². The van der Waals surface area contributed by atoms with Crippen LogP contribution >= 0.6 is 23.1 Å². The molecule has 0 aliphatic carbocycles. The van der Waals surface area contributed by atoms with E-state index >= 15 is 0 Å². The highest BCUT2D eigenvalue weighted by Crippen LogP contribution is 2.37. The summed E-state index contributed by atoms with van der Waals surface area (Å²) in [6.07, 6.45) is 2.16. The molecular weight excluding hydrogens is 306 g/mol. The lowest BCUT2D eigenvalue weighted by atomic mass is 9.84.